The molecule has 0 saturated heterocycles. The van der Waals surface area contributed by atoms with Gasteiger partial charge in [-0.2, -0.15) is 0 Å². The number of benzene rings is 1. The summed E-state index contributed by atoms with van der Waals surface area (Å²) < 4.78 is 22.2. The molecule has 0 bridgehead atoms. The molecule has 0 atom stereocenters. The van der Waals surface area contributed by atoms with Gasteiger partial charge >= 0.3 is 8.80 Å². The van der Waals surface area contributed by atoms with Gasteiger partial charge in [0, 0.05) is 27.4 Å². The lowest BCUT2D eigenvalue weighted by atomic mass is 9.77. The summed E-state index contributed by atoms with van der Waals surface area (Å²) in [6.45, 7) is 3.01. The van der Waals surface area contributed by atoms with E-state index in [-0.39, 0.29) is 0 Å². The predicted octanol–water partition coefficient (Wildman–Crippen LogP) is 5.80. The zero-order valence-corrected chi connectivity index (χ0v) is 18.7. The molecule has 0 aliphatic heterocycles. The van der Waals surface area contributed by atoms with Crippen LogP contribution in [0.5, 0.6) is 5.75 Å². The van der Waals surface area contributed by atoms with E-state index in [1.165, 1.54) is 44.1 Å². The highest BCUT2D eigenvalue weighted by atomic mass is 28.4. The molecule has 5 heteroatoms. The number of rotatable bonds is 12. The Morgan fingerprint density at radius 2 is 1.52 bits per heavy atom. The maximum atomic E-state index is 5.91. The van der Waals surface area contributed by atoms with E-state index in [9.17, 15) is 0 Å². The van der Waals surface area contributed by atoms with Crippen molar-refractivity contribution < 1.29 is 18.0 Å². The zero-order valence-electron chi connectivity index (χ0n) is 17.7. The normalized spacial score (nSPS) is 20.6. The number of hydrogen-bond acceptors (Lipinski definition) is 4. The average Bonchev–Trinajstić information content (AvgIpc) is 2.72. The molecule has 154 valence electrons. The van der Waals surface area contributed by atoms with E-state index >= 15 is 0 Å². The van der Waals surface area contributed by atoms with Gasteiger partial charge in [0.25, 0.3) is 0 Å². The molecule has 1 aliphatic carbocycles. The lowest BCUT2D eigenvalue weighted by molar-refractivity contribution is 0.122. The first-order chi connectivity index (χ1) is 13.2. The Kier molecular flexibility index (Phi) is 9.83. The van der Waals surface area contributed by atoms with Crippen molar-refractivity contribution in [3.8, 4) is 5.75 Å². The summed E-state index contributed by atoms with van der Waals surface area (Å²) in [7, 11) is 2.54. The molecule has 0 aromatic heterocycles. The average molecular weight is 395 g/mol. The van der Waals surface area contributed by atoms with Gasteiger partial charge in [-0.05, 0) is 68.1 Å². The molecule has 0 unspecified atom stereocenters. The van der Waals surface area contributed by atoms with Crippen LogP contribution in [0.25, 0.3) is 0 Å². The van der Waals surface area contributed by atoms with Crippen molar-refractivity contribution >= 4 is 8.80 Å². The molecule has 1 aromatic rings. The van der Waals surface area contributed by atoms with Crippen LogP contribution >= 0.6 is 0 Å². The van der Waals surface area contributed by atoms with Crippen LogP contribution in [0.4, 0.5) is 0 Å². The molecule has 4 nitrogen and oxygen atoms in total. The third-order valence-corrected chi connectivity index (χ3v) is 8.81. The fourth-order valence-electron chi connectivity index (χ4n) is 4.22. The molecular formula is C22H38O4Si. The Bertz CT molecular complexity index is 499. The third-order valence-electron chi connectivity index (χ3n) is 5.97. The van der Waals surface area contributed by atoms with E-state index in [1.54, 1.807) is 21.3 Å². The van der Waals surface area contributed by atoms with Gasteiger partial charge in [0.05, 0.1) is 6.61 Å². The van der Waals surface area contributed by atoms with Crippen LogP contribution in [0.1, 0.15) is 69.8 Å². The highest BCUT2D eigenvalue weighted by Crippen LogP contribution is 2.37. The van der Waals surface area contributed by atoms with Crippen molar-refractivity contribution in [1.82, 2.24) is 0 Å². The molecule has 0 spiro atoms. The van der Waals surface area contributed by atoms with Crippen molar-refractivity contribution in [2.45, 2.75) is 70.3 Å². The summed E-state index contributed by atoms with van der Waals surface area (Å²) in [6.07, 6.45) is 10.1. The Labute approximate surface area is 166 Å². The summed E-state index contributed by atoms with van der Waals surface area (Å²) in [5, 5.41) is 0. The lowest BCUT2D eigenvalue weighted by Gasteiger charge is -2.28. The van der Waals surface area contributed by atoms with Gasteiger partial charge < -0.3 is 18.0 Å². The quantitative estimate of drug-likeness (QED) is 0.332. The minimum absolute atomic E-state index is 0.711. The van der Waals surface area contributed by atoms with E-state index in [0.29, 0.717) is 6.61 Å². The first-order valence-electron chi connectivity index (χ1n) is 10.5. The Hall–Kier alpha value is -0.883. The highest BCUT2D eigenvalue weighted by molar-refractivity contribution is 6.60. The Balaban J connectivity index is 1.69. The molecular weight excluding hydrogens is 356 g/mol. The minimum atomic E-state index is -2.44. The van der Waals surface area contributed by atoms with Crippen LogP contribution in [0, 0.1) is 5.92 Å². The molecule has 27 heavy (non-hydrogen) atoms. The van der Waals surface area contributed by atoms with Gasteiger partial charge in [-0.1, -0.05) is 31.9 Å². The van der Waals surface area contributed by atoms with Crippen molar-refractivity contribution in [3.05, 3.63) is 29.8 Å². The van der Waals surface area contributed by atoms with Crippen LogP contribution < -0.4 is 4.74 Å². The molecule has 0 N–H and O–H groups in total. The van der Waals surface area contributed by atoms with Gasteiger partial charge in [-0.3, -0.25) is 0 Å². The predicted molar refractivity (Wildman–Crippen MR) is 112 cm³/mol. The van der Waals surface area contributed by atoms with Gasteiger partial charge in [-0.15, -0.1) is 0 Å². The van der Waals surface area contributed by atoms with Crippen LogP contribution in [0.3, 0.4) is 0 Å². The van der Waals surface area contributed by atoms with Crippen LogP contribution in [0.15, 0.2) is 24.3 Å². The largest absolute Gasteiger partial charge is 0.500 e. The Morgan fingerprint density at radius 1 is 0.889 bits per heavy atom. The van der Waals surface area contributed by atoms with E-state index in [1.807, 2.05) is 0 Å². The summed E-state index contributed by atoms with van der Waals surface area (Å²) in [5.41, 5.74) is 1.48. The van der Waals surface area contributed by atoms with E-state index in [0.717, 1.165) is 36.5 Å². The number of ether oxygens (including phenoxy) is 1. The number of hydrogen-bond donors (Lipinski definition) is 0. The number of unbranched alkanes of at least 4 members (excludes halogenated alkanes) is 1. The van der Waals surface area contributed by atoms with Crippen molar-refractivity contribution in [2.24, 2.45) is 5.92 Å². The Morgan fingerprint density at radius 3 is 2.07 bits per heavy atom. The smallest absolute Gasteiger partial charge is 0.494 e. The van der Waals surface area contributed by atoms with E-state index < -0.39 is 8.80 Å². The van der Waals surface area contributed by atoms with Gasteiger partial charge in [-0.25, -0.2) is 0 Å². The summed E-state index contributed by atoms with van der Waals surface area (Å²) >= 11 is 0. The third kappa shape index (κ3) is 6.90. The zero-order chi connectivity index (χ0) is 19.5. The second-order valence-electron chi connectivity index (χ2n) is 7.68. The SMILES string of the molecule is CCCC1CCC(c2ccc(OCCCC[Si](OC)(OC)OC)cc2)CC1. The van der Waals surface area contributed by atoms with Gasteiger partial charge in [0.1, 0.15) is 5.75 Å². The van der Waals surface area contributed by atoms with Crippen molar-refractivity contribution in [3.63, 3.8) is 0 Å². The second kappa shape index (κ2) is 11.8. The van der Waals surface area contributed by atoms with Gasteiger partial charge in [0.2, 0.25) is 0 Å². The van der Waals surface area contributed by atoms with E-state index in [2.05, 4.69) is 31.2 Å². The summed E-state index contributed by atoms with van der Waals surface area (Å²) in [6, 6.07) is 9.61. The summed E-state index contributed by atoms with van der Waals surface area (Å²) in [4.78, 5) is 0. The maximum Gasteiger partial charge on any atom is 0.500 e. The molecule has 0 heterocycles. The topological polar surface area (TPSA) is 36.9 Å². The lowest BCUT2D eigenvalue weighted by Crippen LogP contribution is -2.42. The van der Waals surface area contributed by atoms with Crippen LogP contribution in [-0.4, -0.2) is 36.7 Å². The molecule has 2 rings (SSSR count). The molecule has 1 aliphatic rings. The van der Waals surface area contributed by atoms with E-state index in [4.69, 9.17) is 18.0 Å². The standard InChI is InChI=1S/C22H38O4Si/c1-5-8-19-9-11-20(12-10-19)21-13-15-22(16-14-21)26-17-6-7-18-27(23-2,24-3)25-4/h13-16,19-20H,5-12,17-18H2,1-4H3. The van der Waals surface area contributed by atoms with Gasteiger partial charge in [0.15, 0.2) is 0 Å². The molecule has 1 fully saturated rings. The second-order valence-corrected chi connectivity index (χ2v) is 10.8. The van der Waals surface area contributed by atoms with Crippen LogP contribution in [0.2, 0.25) is 6.04 Å². The molecule has 0 amide bonds. The first-order valence-corrected chi connectivity index (χ1v) is 12.5. The highest BCUT2D eigenvalue weighted by Gasteiger charge is 2.36. The minimum Gasteiger partial charge on any atom is -0.494 e. The summed E-state index contributed by atoms with van der Waals surface area (Å²) in [5.74, 6) is 2.67. The van der Waals surface area contributed by atoms with Crippen molar-refractivity contribution in [1.29, 1.82) is 0 Å². The molecule has 0 radical (unpaired) electrons. The maximum absolute atomic E-state index is 5.91. The fourth-order valence-corrected chi connectivity index (χ4v) is 6.01. The fraction of sp³-hybridized carbons (Fsp3) is 0.727. The molecule has 1 saturated carbocycles. The van der Waals surface area contributed by atoms with Crippen LogP contribution in [-0.2, 0) is 13.3 Å². The first kappa shape index (κ1) is 22.4. The monoisotopic (exact) mass is 394 g/mol. The van der Waals surface area contributed by atoms with Crippen molar-refractivity contribution in [2.75, 3.05) is 27.9 Å². The molecule has 1 aromatic carbocycles.